The van der Waals surface area contributed by atoms with Crippen molar-refractivity contribution in [3.8, 4) is 17.2 Å². The van der Waals surface area contributed by atoms with Gasteiger partial charge in [0.1, 0.15) is 0 Å². The number of nitriles is 1. The SMILES string of the molecule is COC(=O)CC1CCCN(C(=O)Cc2ccc(-c3ccc(C#N)cc3)cc2)C1. The second-order valence-electron chi connectivity index (χ2n) is 7.19. The summed E-state index contributed by atoms with van der Waals surface area (Å²) in [7, 11) is 1.40. The molecule has 1 aliphatic rings. The number of esters is 1. The Labute approximate surface area is 165 Å². The van der Waals surface area contributed by atoms with Crippen molar-refractivity contribution in [2.24, 2.45) is 5.92 Å². The molecule has 1 fully saturated rings. The fourth-order valence-corrected chi connectivity index (χ4v) is 3.62. The van der Waals surface area contributed by atoms with Gasteiger partial charge in [0.25, 0.3) is 0 Å². The van der Waals surface area contributed by atoms with Crippen LogP contribution in [0.3, 0.4) is 0 Å². The molecule has 0 radical (unpaired) electrons. The second-order valence-corrected chi connectivity index (χ2v) is 7.19. The number of amides is 1. The highest BCUT2D eigenvalue weighted by Gasteiger charge is 2.25. The molecule has 5 nitrogen and oxygen atoms in total. The molecular weight excluding hydrogens is 352 g/mol. The van der Waals surface area contributed by atoms with Gasteiger partial charge in [-0.2, -0.15) is 5.26 Å². The summed E-state index contributed by atoms with van der Waals surface area (Å²) in [6.45, 7) is 1.37. The van der Waals surface area contributed by atoms with Crippen molar-refractivity contribution in [1.82, 2.24) is 4.90 Å². The van der Waals surface area contributed by atoms with Crippen molar-refractivity contribution in [2.75, 3.05) is 20.2 Å². The van der Waals surface area contributed by atoms with Crippen molar-refractivity contribution in [3.63, 3.8) is 0 Å². The number of hydrogen-bond donors (Lipinski definition) is 0. The molecule has 1 aliphatic heterocycles. The van der Waals surface area contributed by atoms with Gasteiger partial charge in [0.15, 0.2) is 0 Å². The van der Waals surface area contributed by atoms with Crippen LogP contribution < -0.4 is 0 Å². The highest BCUT2D eigenvalue weighted by Crippen LogP contribution is 2.23. The third-order valence-corrected chi connectivity index (χ3v) is 5.21. The van der Waals surface area contributed by atoms with Crippen LogP contribution in [0.1, 0.15) is 30.4 Å². The summed E-state index contributed by atoms with van der Waals surface area (Å²) in [5, 5.41) is 8.89. The van der Waals surface area contributed by atoms with E-state index in [0.717, 1.165) is 36.1 Å². The van der Waals surface area contributed by atoms with Crippen LogP contribution in [0.15, 0.2) is 48.5 Å². The molecule has 144 valence electrons. The lowest BCUT2D eigenvalue weighted by molar-refractivity contribution is -0.143. The molecule has 1 saturated heterocycles. The van der Waals surface area contributed by atoms with E-state index in [0.29, 0.717) is 24.9 Å². The van der Waals surface area contributed by atoms with Gasteiger partial charge in [0, 0.05) is 19.5 Å². The first-order chi connectivity index (χ1) is 13.6. The fraction of sp³-hybridized carbons (Fsp3) is 0.348. The minimum absolute atomic E-state index is 0.0979. The number of methoxy groups -OCH3 is 1. The lowest BCUT2D eigenvalue weighted by Crippen LogP contribution is -2.41. The number of ether oxygens (including phenoxy) is 1. The van der Waals surface area contributed by atoms with Gasteiger partial charge in [-0.15, -0.1) is 0 Å². The Morgan fingerprint density at radius 1 is 1.11 bits per heavy atom. The molecular formula is C23H24N2O3. The Hall–Kier alpha value is -3.13. The van der Waals surface area contributed by atoms with E-state index in [1.807, 2.05) is 41.3 Å². The van der Waals surface area contributed by atoms with Crippen molar-refractivity contribution >= 4 is 11.9 Å². The molecule has 2 aromatic rings. The highest BCUT2D eigenvalue weighted by molar-refractivity contribution is 5.79. The Morgan fingerprint density at radius 3 is 2.36 bits per heavy atom. The van der Waals surface area contributed by atoms with Crippen LogP contribution in [-0.2, 0) is 20.7 Å². The van der Waals surface area contributed by atoms with Gasteiger partial charge < -0.3 is 9.64 Å². The first-order valence-corrected chi connectivity index (χ1v) is 9.53. The molecule has 1 atom stereocenters. The molecule has 0 spiro atoms. The van der Waals surface area contributed by atoms with Gasteiger partial charge in [0.2, 0.25) is 5.91 Å². The van der Waals surface area contributed by atoms with Gasteiger partial charge >= 0.3 is 5.97 Å². The molecule has 1 amide bonds. The Kier molecular flexibility index (Phi) is 6.44. The summed E-state index contributed by atoms with van der Waals surface area (Å²) >= 11 is 0. The van der Waals surface area contributed by atoms with Gasteiger partial charge in [-0.05, 0) is 47.6 Å². The standard InChI is InChI=1S/C23H24N2O3/c1-28-23(27)14-19-3-2-12-25(16-19)22(26)13-17-4-8-20(9-5-17)21-10-6-18(15-24)7-11-21/h4-11,19H,2-3,12-14,16H2,1H3. The van der Waals surface area contributed by atoms with E-state index < -0.39 is 0 Å². The Bertz CT molecular complexity index is 866. The van der Waals surface area contributed by atoms with Gasteiger partial charge in [0.05, 0.1) is 25.2 Å². The van der Waals surface area contributed by atoms with E-state index in [9.17, 15) is 9.59 Å². The van der Waals surface area contributed by atoms with Crippen LogP contribution in [0.2, 0.25) is 0 Å². The first-order valence-electron chi connectivity index (χ1n) is 9.53. The summed E-state index contributed by atoms with van der Waals surface area (Å²) in [5.74, 6) is 0.0716. The number of carbonyl (C=O) groups excluding carboxylic acids is 2. The average molecular weight is 376 g/mol. The lowest BCUT2D eigenvalue weighted by atomic mass is 9.94. The van der Waals surface area contributed by atoms with E-state index >= 15 is 0 Å². The Morgan fingerprint density at radius 2 is 1.75 bits per heavy atom. The second kappa shape index (κ2) is 9.18. The topological polar surface area (TPSA) is 70.4 Å². The maximum atomic E-state index is 12.7. The number of carbonyl (C=O) groups is 2. The van der Waals surface area contributed by atoms with E-state index in [1.165, 1.54) is 7.11 Å². The van der Waals surface area contributed by atoms with E-state index in [-0.39, 0.29) is 17.8 Å². The van der Waals surface area contributed by atoms with E-state index in [2.05, 4.69) is 6.07 Å². The zero-order chi connectivity index (χ0) is 19.9. The fourth-order valence-electron chi connectivity index (χ4n) is 3.62. The normalized spacial score (nSPS) is 16.3. The maximum absolute atomic E-state index is 12.7. The molecule has 0 aliphatic carbocycles. The summed E-state index contributed by atoms with van der Waals surface area (Å²) in [4.78, 5) is 26.0. The molecule has 0 aromatic heterocycles. The number of benzene rings is 2. The van der Waals surface area contributed by atoms with E-state index in [1.54, 1.807) is 12.1 Å². The Balaban J connectivity index is 1.59. The number of hydrogen-bond acceptors (Lipinski definition) is 4. The van der Waals surface area contributed by atoms with Gasteiger partial charge in [-0.1, -0.05) is 36.4 Å². The lowest BCUT2D eigenvalue weighted by Gasteiger charge is -2.32. The largest absolute Gasteiger partial charge is 0.469 e. The molecule has 0 bridgehead atoms. The van der Waals surface area contributed by atoms with Gasteiger partial charge in [-0.3, -0.25) is 9.59 Å². The summed E-state index contributed by atoms with van der Waals surface area (Å²) in [6.07, 6.45) is 2.61. The van der Waals surface area contributed by atoms with Crippen LogP contribution >= 0.6 is 0 Å². The zero-order valence-electron chi connectivity index (χ0n) is 16.1. The number of piperidine rings is 1. The number of likely N-dealkylation sites (tertiary alicyclic amines) is 1. The third kappa shape index (κ3) is 4.98. The van der Waals surface area contributed by atoms with Crippen LogP contribution in [0.25, 0.3) is 11.1 Å². The van der Waals surface area contributed by atoms with E-state index in [4.69, 9.17) is 10.00 Å². The molecule has 1 heterocycles. The smallest absolute Gasteiger partial charge is 0.305 e. The molecule has 1 unspecified atom stereocenters. The highest BCUT2D eigenvalue weighted by atomic mass is 16.5. The maximum Gasteiger partial charge on any atom is 0.305 e. The number of nitrogens with zero attached hydrogens (tertiary/aromatic N) is 2. The van der Waals surface area contributed by atoms with Crippen molar-refractivity contribution in [3.05, 3.63) is 59.7 Å². The summed E-state index contributed by atoms with van der Waals surface area (Å²) in [6, 6.07) is 17.5. The average Bonchev–Trinajstić information content (AvgIpc) is 2.74. The minimum Gasteiger partial charge on any atom is -0.469 e. The minimum atomic E-state index is -0.210. The monoisotopic (exact) mass is 376 g/mol. The molecule has 3 rings (SSSR count). The van der Waals surface area contributed by atoms with Crippen LogP contribution in [0.5, 0.6) is 0 Å². The zero-order valence-corrected chi connectivity index (χ0v) is 16.1. The van der Waals surface area contributed by atoms with Crippen LogP contribution in [0.4, 0.5) is 0 Å². The summed E-state index contributed by atoms with van der Waals surface area (Å²) in [5.41, 5.74) is 3.70. The molecule has 28 heavy (non-hydrogen) atoms. The van der Waals surface area contributed by atoms with Crippen LogP contribution in [-0.4, -0.2) is 37.0 Å². The molecule has 5 heteroatoms. The predicted molar refractivity (Wildman–Crippen MR) is 106 cm³/mol. The quantitative estimate of drug-likeness (QED) is 0.748. The first kappa shape index (κ1) is 19.6. The molecule has 0 saturated carbocycles. The summed E-state index contributed by atoms with van der Waals surface area (Å²) < 4.78 is 4.75. The predicted octanol–water partition coefficient (Wildman–Crippen LogP) is 3.57. The van der Waals surface area contributed by atoms with Crippen molar-refractivity contribution < 1.29 is 14.3 Å². The molecule has 2 aromatic carbocycles. The van der Waals surface area contributed by atoms with Crippen molar-refractivity contribution in [1.29, 1.82) is 5.26 Å². The molecule has 0 N–H and O–H groups in total. The number of rotatable bonds is 5. The third-order valence-electron chi connectivity index (χ3n) is 5.21. The van der Waals surface area contributed by atoms with Crippen molar-refractivity contribution in [2.45, 2.75) is 25.7 Å². The van der Waals surface area contributed by atoms with Crippen LogP contribution in [0, 0.1) is 17.2 Å². The van der Waals surface area contributed by atoms with Gasteiger partial charge in [-0.25, -0.2) is 0 Å².